The van der Waals surface area contributed by atoms with E-state index in [0.717, 1.165) is 6.42 Å². The van der Waals surface area contributed by atoms with Crippen LogP contribution in [0, 0.1) is 0 Å². The van der Waals surface area contributed by atoms with E-state index in [1.54, 1.807) is 54.7 Å². The molecule has 3 aromatic carbocycles. The van der Waals surface area contributed by atoms with E-state index in [1.807, 2.05) is 30.3 Å². The number of aryl methyl sites for hydroxylation is 1. The van der Waals surface area contributed by atoms with Crippen LogP contribution in [0.4, 0.5) is 5.69 Å². The van der Waals surface area contributed by atoms with Crippen LogP contribution in [0.25, 0.3) is 0 Å². The molecule has 2 amide bonds. The molecule has 3 rings (SSSR count). The molecule has 0 fully saturated rings. The standard InChI is InChI=1S/C23H20ClN3O2/c24-20-14-6-4-12-18(20)22(28)26-21-15-7-5-13-19(21)23(29)27-25-16-8-11-17-9-2-1-3-10-17/h1-7,9-10,12-16H,8,11H2,(H,26,28)(H,27,29)/b25-16+. The van der Waals surface area contributed by atoms with Crippen LogP contribution in [-0.2, 0) is 6.42 Å². The summed E-state index contributed by atoms with van der Waals surface area (Å²) < 4.78 is 0. The summed E-state index contributed by atoms with van der Waals surface area (Å²) in [6.45, 7) is 0. The minimum absolute atomic E-state index is 0.313. The van der Waals surface area contributed by atoms with Gasteiger partial charge in [0.05, 0.1) is 21.8 Å². The maximum absolute atomic E-state index is 12.5. The van der Waals surface area contributed by atoms with Crippen molar-refractivity contribution < 1.29 is 9.59 Å². The second-order valence-electron chi connectivity index (χ2n) is 6.26. The van der Waals surface area contributed by atoms with Gasteiger partial charge in [0.2, 0.25) is 0 Å². The SMILES string of the molecule is O=C(Nc1ccccc1C(=O)N/N=C/CCc1ccccc1)c1ccccc1Cl. The lowest BCUT2D eigenvalue weighted by Gasteiger charge is -2.10. The number of para-hydroxylation sites is 1. The molecule has 6 heteroatoms. The minimum atomic E-state index is -0.406. The van der Waals surface area contributed by atoms with Crippen molar-refractivity contribution in [3.63, 3.8) is 0 Å². The van der Waals surface area contributed by atoms with Gasteiger partial charge >= 0.3 is 0 Å². The summed E-state index contributed by atoms with van der Waals surface area (Å²) in [7, 11) is 0. The molecule has 0 aliphatic rings. The van der Waals surface area contributed by atoms with Crippen molar-refractivity contribution in [1.82, 2.24) is 5.43 Å². The van der Waals surface area contributed by atoms with Crippen molar-refractivity contribution in [3.05, 3.63) is 101 Å². The van der Waals surface area contributed by atoms with Crippen molar-refractivity contribution in [2.45, 2.75) is 12.8 Å². The number of carbonyl (C=O) groups is 2. The van der Waals surface area contributed by atoms with Crippen molar-refractivity contribution in [1.29, 1.82) is 0 Å². The summed E-state index contributed by atoms with van der Waals surface area (Å²) in [5.41, 5.74) is 4.74. The summed E-state index contributed by atoms with van der Waals surface area (Å²) in [4.78, 5) is 25.0. The molecular formula is C23H20ClN3O2. The minimum Gasteiger partial charge on any atom is -0.321 e. The Morgan fingerprint density at radius 2 is 1.48 bits per heavy atom. The zero-order valence-corrected chi connectivity index (χ0v) is 16.4. The van der Waals surface area contributed by atoms with Crippen LogP contribution in [0.15, 0.2) is 84.0 Å². The Hall–Kier alpha value is -3.44. The van der Waals surface area contributed by atoms with Crippen molar-refractivity contribution in [3.8, 4) is 0 Å². The van der Waals surface area contributed by atoms with Crippen LogP contribution < -0.4 is 10.7 Å². The Balaban J connectivity index is 1.60. The molecular weight excluding hydrogens is 386 g/mol. The van der Waals surface area contributed by atoms with Crippen molar-refractivity contribution in [2.75, 3.05) is 5.32 Å². The third-order valence-corrected chi connectivity index (χ3v) is 4.53. The predicted octanol–water partition coefficient (Wildman–Crippen LogP) is 4.94. The van der Waals surface area contributed by atoms with Gasteiger partial charge in [-0.1, -0.05) is 66.2 Å². The zero-order valence-electron chi connectivity index (χ0n) is 15.6. The highest BCUT2D eigenvalue weighted by molar-refractivity contribution is 6.34. The second-order valence-corrected chi connectivity index (χ2v) is 6.66. The smallest absolute Gasteiger partial charge is 0.273 e. The molecule has 0 aliphatic heterocycles. The summed E-state index contributed by atoms with van der Waals surface area (Å²) >= 11 is 6.07. The topological polar surface area (TPSA) is 70.6 Å². The fourth-order valence-corrected chi connectivity index (χ4v) is 2.95. The lowest BCUT2D eigenvalue weighted by Crippen LogP contribution is -2.21. The molecule has 0 bridgehead atoms. The molecule has 0 saturated heterocycles. The molecule has 146 valence electrons. The fourth-order valence-electron chi connectivity index (χ4n) is 2.73. The van der Waals surface area contributed by atoms with Crippen LogP contribution >= 0.6 is 11.6 Å². The lowest BCUT2D eigenvalue weighted by molar-refractivity contribution is 0.0956. The quantitative estimate of drug-likeness (QED) is 0.431. The number of rotatable bonds is 7. The van der Waals surface area contributed by atoms with Crippen LogP contribution in [-0.4, -0.2) is 18.0 Å². The Kier molecular flexibility index (Phi) is 7.14. The van der Waals surface area contributed by atoms with Crippen LogP contribution in [0.3, 0.4) is 0 Å². The highest BCUT2D eigenvalue weighted by atomic mass is 35.5. The van der Waals surface area contributed by atoms with Crippen molar-refractivity contribution >= 4 is 35.3 Å². The number of amides is 2. The Bertz CT molecular complexity index is 1020. The summed E-state index contributed by atoms with van der Waals surface area (Å²) in [5.74, 6) is -0.793. The van der Waals surface area contributed by atoms with Gasteiger partial charge in [0.25, 0.3) is 11.8 Å². The van der Waals surface area contributed by atoms with Crippen molar-refractivity contribution in [2.24, 2.45) is 5.10 Å². The molecule has 3 aromatic rings. The van der Waals surface area contributed by atoms with Gasteiger partial charge < -0.3 is 5.32 Å². The molecule has 29 heavy (non-hydrogen) atoms. The second kappa shape index (κ2) is 10.2. The van der Waals surface area contributed by atoms with E-state index in [9.17, 15) is 9.59 Å². The normalized spacial score (nSPS) is 10.7. The third-order valence-electron chi connectivity index (χ3n) is 4.20. The number of hydrogen-bond acceptors (Lipinski definition) is 3. The molecule has 0 heterocycles. The molecule has 0 saturated carbocycles. The van der Waals surface area contributed by atoms with Gasteiger partial charge in [0, 0.05) is 6.21 Å². The molecule has 2 N–H and O–H groups in total. The summed E-state index contributed by atoms with van der Waals surface area (Å²) in [5, 5.41) is 7.08. The average molecular weight is 406 g/mol. The van der Waals surface area contributed by atoms with E-state index in [0.29, 0.717) is 28.3 Å². The largest absolute Gasteiger partial charge is 0.321 e. The van der Waals surface area contributed by atoms with Crippen LogP contribution in [0.5, 0.6) is 0 Å². The zero-order chi connectivity index (χ0) is 20.5. The molecule has 0 aliphatic carbocycles. The summed E-state index contributed by atoms with van der Waals surface area (Å²) in [6.07, 6.45) is 3.20. The fraction of sp³-hybridized carbons (Fsp3) is 0.0870. The Labute approximate surface area is 174 Å². The molecule has 5 nitrogen and oxygen atoms in total. The first kappa shape index (κ1) is 20.3. The first-order valence-electron chi connectivity index (χ1n) is 9.16. The van der Waals surface area contributed by atoms with Gasteiger partial charge in [-0.2, -0.15) is 5.10 Å². The Morgan fingerprint density at radius 3 is 2.24 bits per heavy atom. The number of hydrazone groups is 1. The van der Waals surface area contributed by atoms with E-state index < -0.39 is 5.91 Å². The molecule has 0 unspecified atom stereocenters. The number of halogens is 1. The maximum Gasteiger partial charge on any atom is 0.273 e. The van der Waals surface area contributed by atoms with Gasteiger partial charge in [-0.05, 0) is 42.7 Å². The van der Waals surface area contributed by atoms with E-state index in [1.165, 1.54) is 5.56 Å². The monoisotopic (exact) mass is 405 g/mol. The highest BCUT2D eigenvalue weighted by Crippen LogP contribution is 2.19. The van der Waals surface area contributed by atoms with E-state index >= 15 is 0 Å². The number of benzene rings is 3. The van der Waals surface area contributed by atoms with Crippen LogP contribution in [0.2, 0.25) is 5.02 Å². The van der Waals surface area contributed by atoms with Gasteiger partial charge in [-0.15, -0.1) is 0 Å². The number of nitrogens with one attached hydrogen (secondary N) is 2. The van der Waals surface area contributed by atoms with E-state index in [4.69, 9.17) is 11.6 Å². The van der Waals surface area contributed by atoms with Gasteiger partial charge in [-0.3, -0.25) is 9.59 Å². The van der Waals surface area contributed by atoms with Gasteiger partial charge in [-0.25, -0.2) is 5.43 Å². The van der Waals surface area contributed by atoms with Crippen LogP contribution in [0.1, 0.15) is 32.7 Å². The number of carbonyl (C=O) groups excluding carboxylic acids is 2. The number of nitrogens with zero attached hydrogens (tertiary/aromatic N) is 1. The maximum atomic E-state index is 12.5. The highest BCUT2D eigenvalue weighted by Gasteiger charge is 2.15. The number of hydrogen-bond donors (Lipinski definition) is 2. The van der Waals surface area contributed by atoms with E-state index in [-0.39, 0.29) is 5.91 Å². The third kappa shape index (κ3) is 5.77. The molecule has 0 atom stereocenters. The Morgan fingerprint density at radius 1 is 0.828 bits per heavy atom. The molecule has 0 spiro atoms. The molecule has 0 aromatic heterocycles. The predicted molar refractivity (Wildman–Crippen MR) is 117 cm³/mol. The first-order chi connectivity index (χ1) is 14.1. The van der Waals surface area contributed by atoms with E-state index in [2.05, 4.69) is 15.8 Å². The van der Waals surface area contributed by atoms with Gasteiger partial charge in [0.1, 0.15) is 0 Å². The molecule has 0 radical (unpaired) electrons. The lowest BCUT2D eigenvalue weighted by atomic mass is 10.1. The first-order valence-corrected chi connectivity index (χ1v) is 9.53. The number of anilines is 1. The average Bonchev–Trinajstić information content (AvgIpc) is 2.74. The van der Waals surface area contributed by atoms with Gasteiger partial charge in [0.15, 0.2) is 0 Å². The summed E-state index contributed by atoms with van der Waals surface area (Å²) in [6, 6.07) is 23.5.